The molecule has 0 spiro atoms. The van der Waals surface area contributed by atoms with Crippen molar-refractivity contribution in [3.63, 3.8) is 0 Å². The van der Waals surface area contributed by atoms with Gasteiger partial charge in [0.1, 0.15) is 0 Å². The molecule has 2 saturated heterocycles. The van der Waals surface area contributed by atoms with Crippen molar-refractivity contribution >= 4 is 0 Å². The van der Waals surface area contributed by atoms with Crippen LogP contribution in [0, 0.1) is 0 Å². The van der Waals surface area contributed by atoms with Crippen molar-refractivity contribution < 1.29 is 0 Å². The Balaban J connectivity index is 2.06. The molecule has 15 heavy (non-hydrogen) atoms. The summed E-state index contributed by atoms with van der Waals surface area (Å²) in [5.74, 6) is 0. The SMILES string of the molecule is C=C1CCN(C2CCCCN2)C(=C)C1=C. The first-order valence-electron chi connectivity index (χ1n) is 5.76. The van der Waals surface area contributed by atoms with E-state index in [1.54, 1.807) is 0 Å². The van der Waals surface area contributed by atoms with Crippen LogP contribution in [-0.2, 0) is 0 Å². The minimum absolute atomic E-state index is 0.469. The molecule has 0 aromatic rings. The minimum Gasteiger partial charge on any atom is -0.356 e. The van der Waals surface area contributed by atoms with Gasteiger partial charge in [0.25, 0.3) is 0 Å². The van der Waals surface area contributed by atoms with E-state index >= 15 is 0 Å². The maximum Gasteiger partial charge on any atom is 0.0795 e. The lowest BCUT2D eigenvalue weighted by atomic mass is 9.96. The van der Waals surface area contributed by atoms with Gasteiger partial charge in [-0.05, 0) is 43.4 Å². The van der Waals surface area contributed by atoms with E-state index < -0.39 is 0 Å². The number of hydrogen-bond acceptors (Lipinski definition) is 2. The summed E-state index contributed by atoms with van der Waals surface area (Å²) in [4.78, 5) is 2.36. The molecule has 0 bridgehead atoms. The van der Waals surface area contributed by atoms with Crippen molar-refractivity contribution in [3.05, 3.63) is 36.6 Å². The molecule has 82 valence electrons. The highest BCUT2D eigenvalue weighted by Gasteiger charge is 2.26. The van der Waals surface area contributed by atoms with E-state index in [1.807, 2.05) is 0 Å². The fourth-order valence-corrected chi connectivity index (χ4v) is 2.36. The smallest absolute Gasteiger partial charge is 0.0795 e. The number of piperidine rings is 2. The predicted molar refractivity (Wildman–Crippen MR) is 64.4 cm³/mol. The average molecular weight is 204 g/mol. The molecule has 2 heteroatoms. The second-order valence-electron chi connectivity index (χ2n) is 4.44. The van der Waals surface area contributed by atoms with Crippen molar-refractivity contribution in [1.29, 1.82) is 0 Å². The predicted octanol–water partition coefficient (Wildman–Crippen LogP) is 2.42. The van der Waals surface area contributed by atoms with Crippen LogP contribution >= 0.6 is 0 Å². The van der Waals surface area contributed by atoms with Gasteiger partial charge in [0, 0.05) is 12.2 Å². The molecule has 2 rings (SSSR count). The first-order chi connectivity index (χ1) is 7.20. The molecule has 1 atom stereocenters. The molecule has 0 saturated carbocycles. The van der Waals surface area contributed by atoms with Gasteiger partial charge in [0.05, 0.1) is 6.17 Å². The second kappa shape index (κ2) is 4.23. The molecule has 2 nitrogen and oxygen atoms in total. The van der Waals surface area contributed by atoms with Gasteiger partial charge in [-0.25, -0.2) is 0 Å². The van der Waals surface area contributed by atoms with Gasteiger partial charge in [-0.15, -0.1) is 0 Å². The van der Waals surface area contributed by atoms with Gasteiger partial charge in [0.2, 0.25) is 0 Å². The Kier molecular flexibility index (Phi) is 2.96. The van der Waals surface area contributed by atoms with E-state index in [9.17, 15) is 0 Å². The molecule has 2 heterocycles. The Labute approximate surface area is 92.3 Å². The lowest BCUT2D eigenvalue weighted by Crippen LogP contribution is -2.49. The molecular weight excluding hydrogens is 184 g/mol. The Morgan fingerprint density at radius 2 is 2.00 bits per heavy atom. The molecule has 0 aromatic carbocycles. The number of nitrogens with zero attached hydrogens (tertiary/aromatic N) is 1. The third-order valence-electron chi connectivity index (χ3n) is 3.44. The van der Waals surface area contributed by atoms with Crippen molar-refractivity contribution in [3.8, 4) is 0 Å². The maximum absolute atomic E-state index is 4.13. The zero-order chi connectivity index (χ0) is 10.8. The molecule has 2 aliphatic heterocycles. The van der Waals surface area contributed by atoms with Crippen LogP contribution in [0.3, 0.4) is 0 Å². The van der Waals surface area contributed by atoms with Crippen molar-refractivity contribution in [2.75, 3.05) is 13.1 Å². The zero-order valence-corrected chi connectivity index (χ0v) is 9.39. The summed E-state index contributed by atoms with van der Waals surface area (Å²) in [5.41, 5.74) is 3.24. The molecule has 0 amide bonds. The van der Waals surface area contributed by atoms with Gasteiger partial charge in [-0.1, -0.05) is 19.7 Å². The molecule has 2 aliphatic rings. The monoisotopic (exact) mass is 204 g/mol. The van der Waals surface area contributed by atoms with E-state index in [1.165, 1.54) is 19.3 Å². The fraction of sp³-hybridized carbons (Fsp3) is 0.538. The Bertz CT molecular complexity index is 298. The van der Waals surface area contributed by atoms with E-state index in [0.29, 0.717) is 6.17 Å². The lowest BCUT2D eigenvalue weighted by molar-refractivity contribution is 0.178. The largest absolute Gasteiger partial charge is 0.356 e. The molecule has 0 aliphatic carbocycles. The van der Waals surface area contributed by atoms with E-state index in [-0.39, 0.29) is 0 Å². The van der Waals surface area contributed by atoms with E-state index in [0.717, 1.165) is 36.4 Å². The second-order valence-corrected chi connectivity index (χ2v) is 4.44. The number of nitrogens with one attached hydrogen (secondary N) is 1. The summed E-state index contributed by atoms with van der Waals surface area (Å²) >= 11 is 0. The number of rotatable bonds is 1. The Morgan fingerprint density at radius 1 is 1.20 bits per heavy atom. The molecule has 2 fully saturated rings. The van der Waals surface area contributed by atoms with Crippen molar-refractivity contribution in [2.45, 2.75) is 31.8 Å². The third-order valence-corrected chi connectivity index (χ3v) is 3.44. The Morgan fingerprint density at radius 3 is 2.67 bits per heavy atom. The van der Waals surface area contributed by atoms with Gasteiger partial charge in [-0.3, -0.25) is 5.32 Å². The quantitative estimate of drug-likeness (QED) is 0.705. The normalized spacial score (nSPS) is 28.4. The lowest BCUT2D eigenvalue weighted by Gasteiger charge is -2.41. The van der Waals surface area contributed by atoms with Crippen LogP contribution in [-0.4, -0.2) is 24.2 Å². The van der Waals surface area contributed by atoms with Crippen molar-refractivity contribution in [1.82, 2.24) is 10.2 Å². The standard InChI is InChI=1S/C13H20N2/c1-10-7-9-15(12(3)11(10)2)13-6-4-5-8-14-13/h13-14H,1-9H2. The summed E-state index contributed by atoms with van der Waals surface area (Å²) < 4.78 is 0. The molecule has 1 N–H and O–H groups in total. The molecule has 0 aromatic heterocycles. The summed E-state index contributed by atoms with van der Waals surface area (Å²) in [5, 5.41) is 3.55. The maximum atomic E-state index is 4.13. The Hall–Kier alpha value is -1.02. The first-order valence-corrected chi connectivity index (χ1v) is 5.76. The van der Waals surface area contributed by atoms with Crippen LogP contribution in [0.4, 0.5) is 0 Å². The number of allylic oxidation sites excluding steroid dienone is 1. The number of likely N-dealkylation sites (tertiary alicyclic amines) is 1. The van der Waals surface area contributed by atoms with E-state index in [4.69, 9.17) is 0 Å². The van der Waals surface area contributed by atoms with Crippen LogP contribution < -0.4 is 5.32 Å². The van der Waals surface area contributed by atoms with Crippen LogP contribution in [0.5, 0.6) is 0 Å². The first kappa shape index (κ1) is 10.5. The topological polar surface area (TPSA) is 15.3 Å². The highest BCUT2D eigenvalue weighted by atomic mass is 15.3. The minimum atomic E-state index is 0.469. The fourth-order valence-electron chi connectivity index (χ4n) is 2.36. The van der Waals surface area contributed by atoms with Crippen LogP contribution in [0.2, 0.25) is 0 Å². The summed E-state index contributed by atoms with van der Waals surface area (Å²) in [7, 11) is 0. The van der Waals surface area contributed by atoms with Gasteiger partial charge in [0.15, 0.2) is 0 Å². The van der Waals surface area contributed by atoms with E-state index in [2.05, 4.69) is 30.0 Å². The highest BCUT2D eigenvalue weighted by Crippen LogP contribution is 2.30. The highest BCUT2D eigenvalue weighted by molar-refractivity contribution is 5.43. The third kappa shape index (κ3) is 2.00. The van der Waals surface area contributed by atoms with Crippen LogP contribution in [0.25, 0.3) is 0 Å². The molecular formula is C13H20N2. The van der Waals surface area contributed by atoms with Gasteiger partial charge >= 0.3 is 0 Å². The summed E-state index contributed by atoms with van der Waals surface area (Å²) in [6, 6.07) is 0. The number of hydrogen-bond donors (Lipinski definition) is 1. The van der Waals surface area contributed by atoms with Gasteiger partial charge in [-0.2, -0.15) is 0 Å². The van der Waals surface area contributed by atoms with Gasteiger partial charge < -0.3 is 4.90 Å². The molecule has 1 unspecified atom stereocenters. The summed E-state index contributed by atoms with van der Waals surface area (Å²) in [6.07, 6.45) is 5.32. The van der Waals surface area contributed by atoms with Crippen LogP contribution in [0.15, 0.2) is 36.6 Å². The molecule has 0 radical (unpaired) electrons. The average Bonchev–Trinajstić information content (AvgIpc) is 2.27. The van der Waals surface area contributed by atoms with Crippen molar-refractivity contribution in [2.24, 2.45) is 0 Å². The zero-order valence-electron chi connectivity index (χ0n) is 9.39. The summed E-state index contributed by atoms with van der Waals surface area (Å²) in [6.45, 7) is 14.4. The van der Waals surface area contributed by atoms with Crippen LogP contribution in [0.1, 0.15) is 25.7 Å².